The SMILES string of the molecule is CCC(C(=O)NC1CCCN(S(C)(=O)=O)C1)n1nnc(-c2ccc(Cl)cc2)n1. The number of hydrogen-bond acceptors (Lipinski definition) is 6. The van der Waals surface area contributed by atoms with Crippen molar-refractivity contribution in [2.45, 2.75) is 38.3 Å². The lowest BCUT2D eigenvalue weighted by molar-refractivity contribution is -0.126. The number of nitrogens with zero attached hydrogens (tertiary/aromatic N) is 5. The highest BCUT2D eigenvalue weighted by Crippen LogP contribution is 2.19. The van der Waals surface area contributed by atoms with Gasteiger partial charge in [-0.25, -0.2) is 12.7 Å². The zero-order valence-corrected chi connectivity index (χ0v) is 17.3. The Morgan fingerprint density at radius 3 is 2.71 bits per heavy atom. The minimum Gasteiger partial charge on any atom is -0.350 e. The number of carbonyl (C=O) groups excluding carboxylic acids is 1. The number of benzene rings is 1. The molecule has 11 heteroatoms. The molecule has 2 atom stereocenters. The predicted molar refractivity (Wildman–Crippen MR) is 105 cm³/mol. The van der Waals surface area contributed by atoms with Crippen molar-refractivity contribution in [3.63, 3.8) is 0 Å². The second kappa shape index (κ2) is 8.54. The van der Waals surface area contributed by atoms with Crippen LogP contribution in [-0.4, -0.2) is 64.2 Å². The molecule has 0 spiro atoms. The molecule has 0 saturated carbocycles. The largest absolute Gasteiger partial charge is 0.350 e. The molecule has 1 aliphatic rings. The number of nitrogens with one attached hydrogen (secondary N) is 1. The summed E-state index contributed by atoms with van der Waals surface area (Å²) in [6.45, 7) is 2.62. The lowest BCUT2D eigenvalue weighted by Crippen LogP contribution is -2.50. The van der Waals surface area contributed by atoms with E-state index in [1.165, 1.54) is 15.4 Å². The van der Waals surface area contributed by atoms with Crippen LogP contribution in [0, 0.1) is 0 Å². The number of halogens is 1. The van der Waals surface area contributed by atoms with Gasteiger partial charge < -0.3 is 5.32 Å². The minimum absolute atomic E-state index is 0.232. The molecule has 1 saturated heterocycles. The molecule has 1 fully saturated rings. The molecule has 28 heavy (non-hydrogen) atoms. The molecule has 0 radical (unpaired) electrons. The lowest BCUT2D eigenvalue weighted by atomic mass is 10.1. The van der Waals surface area contributed by atoms with Crippen molar-refractivity contribution in [1.29, 1.82) is 0 Å². The van der Waals surface area contributed by atoms with Gasteiger partial charge in [-0.05, 0) is 48.7 Å². The van der Waals surface area contributed by atoms with E-state index >= 15 is 0 Å². The summed E-state index contributed by atoms with van der Waals surface area (Å²) in [5.74, 6) is 0.159. The fourth-order valence-electron chi connectivity index (χ4n) is 3.18. The standard InChI is InChI=1S/C17H23ClN6O3S/c1-3-15(17(25)19-14-5-4-10-23(11-14)28(2,26)27)24-21-16(20-22-24)12-6-8-13(18)9-7-12/h6-9,14-15H,3-5,10-11H2,1-2H3,(H,19,25). The highest BCUT2D eigenvalue weighted by molar-refractivity contribution is 7.88. The van der Waals surface area contributed by atoms with Crippen molar-refractivity contribution >= 4 is 27.5 Å². The molecule has 1 aliphatic heterocycles. The first-order chi connectivity index (χ1) is 13.3. The van der Waals surface area contributed by atoms with Crippen LogP contribution in [0.15, 0.2) is 24.3 Å². The Balaban J connectivity index is 1.69. The van der Waals surface area contributed by atoms with Crippen molar-refractivity contribution in [2.24, 2.45) is 0 Å². The Labute approximate surface area is 169 Å². The van der Waals surface area contributed by atoms with Gasteiger partial charge in [0, 0.05) is 29.7 Å². The number of rotatable bonds is 6. The molecule has 1 amide bonds. The van der Waals surface area contributed by atoms with E-state index in [0.717, 1.165) is 12.0 Å². The van der Waals surface area contributed by atoms with Crippen molar-refractivity contribution in [3.8, 4) is 11.4 Å². The number of tetrazole rings is 1. The third-order valence-corrected chi connectivity index (χ3v) is 6.22. The van der Waals surface area contributed by atoms with Crippen LogP contribution in [0.5, 0.6) is 0 Å². The quantitative estimate of drug-likeness (QED) is 0.749. The van der Waals surface area contributed by atoms with Gasteiger partial charge in [0.2, 0.25) is 21.8 Å². The van der Waals surface area contributed by atoms with E-state index in [9.17, 15) is 13.2 Å². The smallest absolute Gasteiger partial charge is 0.247 e. The van der Waals surface area contributed by atoms with E-state index in [4.69, 9.17) is 11.6 Å². The Hall–Kier alpha value is -2.04. The molecule has 0 aliphatic carbocycles. The first kappa shape index (κ1) is 20.7. The summed E-state index contributed by atoms with van der Waals surface area (Å²) in [6, 6.07) is 6.18. The topological polar surface area (TPSA) is 110 Å². The van der Waals surface area contributed by atoms with Gasteiger partial charge in [-0.15, -0.1) is 10.2 Å². The maximum Gasteiger partial charge on any atom is 0.247 e. The highest BCUT2D eigenvalue weighted by atomic mass is 35.5. The number of piperidine rings is 1. The van der Waals surface area contributed by atoms with E-state index < -0.39 is 16.1 Å². The number of carbonyl (C=O) groups is 1. The van der Waals surface area contributed by atoms with Crippen LogP contribution in [0.2, 0.25) is 5.02 Å². The summed E-state index contributed by atoms with van der Waals surface area (Å²) in [5, 5.41) is 15.9. The third kappa shape index (κ3) is 4.86. The summed E-state index contributed by atoms with van der Waals surface area (Å²) in [5.41, 5.74) is 0.752. The number of amides is 1. The molecule has 9 nitrogen and oxygen atoms in total. The summed E-state index contributed by atoms with van der Waals surface area (Å²) >= 11 is 5.89. The van der Waals surface area contributed by atoms with Crippen LogP contribution in [0.1, 0.15) is 32.2 Å². The summed E-state index contributed by atoms with van der Waals surface area (Å²) in [6.07, 6.45) is 3.10. The monoisotopic (exact) mass is 426 g/mol. The van der Waals surface area contributed by atoms with Gasteiger partial charge in [-0.3, -0.25) is 4.79 Å². The first-order valence-corrected chi connectivity index (χ1v) is 11.3. The van der Waals surface area contributed by atoms with Crippen molar-refractivity contribution < 1.29 is 13.2 Å². The Morgan fingerprint density at radius 2 is 2.07 bits per heavy atom. The van der Waals surface area contributed by atoms with Crippen LogP contribution in [-0.2, 0) is 14.8 Å². The normalized spacial score (nSPS) is 19.3. The first-order valence-electron chi connectivity index (χ1n) is 9.09. The number of sulfonamides is 1. The molecule has 3 rings (SSSR count). The zero-order valence-electron chi connectivity index (χ0n) is 15.7. The van der Waals surface area contributed by atoms with E-state index in [0.29, 0.717) is 30.2 Å². The summed E-state index contributed by atoms with van der Waals surface area (Å²) in [7, 11) is -3.27. The zero-order chi connectivity index (χ0) is 20.3. The van der Waals surface area contributed by atoms with Gasteiger partial charge in [0.15, 0.2) is 6.04 Å². The fourth-order valence-corrected chi connectivity index (χ4v) is 4.22. The molecule has 2 aromatic rings. The maximum absolute atomic E-state index is 12.8. The Morgan fingerprint density at radius 1 is 1.36 bits per heavy atom. The molecular weight excluding hydrogens is 404 g/mol. The highest BCUT2D eigenvalue weighted by Gasteiger charge is 2.29. The lowest BCUT2D eigenvalue weighted by Gasteiger charge is -2.32. The van der Waals surface area contributed by atoms with Crippen LogP contribution >= 0.6 is 11.6 Å². The third-order valence-electron chi connectivity index (χ3n) is 4.70. The van der Waals surface area contributed by atoms with Gasteiger partial charge in [0.1, 0.15) is 0 Å². The molecule has 1 N–H and O–H groups in total. The van der Waals surface area contributed by atoms with E-state index in [1.807, 2.05) is 6.92 Å². The van der Waals surface area contributed by atoms with Gasteiger partial charge in [-0.2, -0.15) is 4.80 Å². The molecule has 2 heterocycles. The molecule has 0 bridgehead atoms. The molecule has 1 aromatic heterocycles. The average molecular weight is 427 g/mol. The summed E-state index contributed by atoms with van der Waals surface area (Å²) in [4.78, 5) is 14.1. The van der Waals surface area contributed by atoms with Crippen molar-refractivity contribution in [3.05, 3.63) is 29.3 Å². The van der Waals surface area contributed by atoms with Crippen LogP contribution in [0.3, 0.4) is 0 Å². The minimum atomic E-state index is -3.27. The maximum atomic E-state index is 12.8. The molecule has 152 valence electrons. The molecule has 1 aromatic carbocycles. The summed E-state index contributed by atoms with van der Waals surface area (Å²) < 4.78 is 24.9. The van der Waals surface area contributed by atoms with E-state index in [2.05, 4.69) is 20.7 Å². The van der Waals surface area contributed by atoms with Gasteiger partial charge >= 0.3 is 0 Å². The van der Waals surface area contributed by atoms with Crippen LogP contribution < -0.4 is 5.32 Å². The molecular formula is C17H23ClN6O3S. The van der Waals surface area contributed by atoms with Crippen LogP contribution in [0.25, 0.3) is 11.4 Å². The van der Waals surface area contributed by atoms with E-state index in [1.54, 1.807) is 24.3 Å². The van der Waals surface area contributed by atoms with Crippen molar-refractivity contribution in [1.82, 2.24) is 29.8 Å². The second-order valence-corrected chi connectivity index (χ2v) is 9.25. The predicted octanol–water partition coefficient (Wildman–Crippen LogP) is 1.48. The average Bonchev–Trinajstić information content (AvgIpc) is 3.12. The Bertz CT molecular complexity index is 931. The van der Waals surface area contributed by atoms with E-state index in [-0.39, 0.29) is 18.5 Å². The van der Waals surface area contributed by atoms with Gasteiger partial charge in [0.05, 0.1) is 6.26 Å². The van der Waals surface area contributed by atoms with Gasteiger partial charge in [-0.1, -0.05) is 18.5 Å². The Kier molecular flexibility index (Phi) is 6.31. The fraction of sp³-hybridized carbons (Fsp3) is 0.529. The van der Waals surface area contributed by atoms with Gasteiger partial charge in [0.25, 0.3) is 0 Å². The number of hydrogen-bond donors (Lipinski definition) is 1. The van der Waals surface area contributed by atoms with Crippen molar-refractivity contribution in [2.75, 3.05) is 19.3 Å². The molecule has 2 unspecified atom stereocenters. The number of aromatic nitrogens is 4. The van der Waals surface area contributed by atoms with Crippen LogP contribution in [0.4, 0.5) is 0 Å². The second-order valence-electron chi connectivity index (χ2n) is 6.83.